The number of phenols is 1. The summed E-state index contributed by atoms with van der Waals surface area (Å²) >= 11 is 0. The van der Waals surface area contributed by atoms with Gasteiger partial charge in [-0.25, -0.2) is 4.98 Å². The van der Waals surface area contributed by atoms with Gasteiger partial charge in [-0.15, -0.1) is 0 Å². The lowest BCUT2D eigenvalue weighted by molar-refractivity contribution is 0.0369. The Hall–Kier alpha value is -3.16. The van der Waals surface area contributed by atoms with Crippen molar-refractivity contribution in [2.24, 2.45) is 0 Å². The van der Waals surface area contributed by atoms with Gasteiger partial charge in [0.1, 0.15) is 23.3 Å². The molecule has 2 N–H and O–H groups in total. The van der Waals surface area contributed by atoms with E-state index in [4.69, 9.17) is 14.9 Å². The first-order valence-electron chi connectivity index (χ1n) is 11.1. The van der Waals surface area contributed by atoms with Crippen LogP contribution in [0.5, 0.6) is 17.4 Å². The maximum absolute atomic E-state index is 9.98. The van der Waals surface area contributed by atoms with E-state index in [0.29, 0.717) is 17.1 Å². The molecule has 5 rings (SSSR count). The first-order valence-corrected chi connectivity index (χ1v) is 11.1. The number of rotatable bonds is 5. The summed E-state index contributed by atoms with van der Waals surface area (Å²) in [4.78, 5) is 6.98. The number of hydrogen-bond acceptors (Lipinski definition) is 6. The van der Waals surface area contributed by atoms with Crippen LogP contribution in [0.15, 0.2) is 48.8 Å². The standard InChI is InChI=1S/C25H28N4O3/c1-17-3-5-18(6-4-17)22-20-8-7-19(30)15-21(20)32-25-23(22)24(26)29(16-27-25)10-2-9-28-11-13-31-14-12-28/h3-8,15-16,22,26,30H,2,9-14H2,1H3/t22-/m0/s1. The van der Waals surface area contributed by atoms with Crippen LogP contribution in [0.2, 0.25) is 0 Å². The number of morpholine rings is 1. The van der Waals surface area contributed by atoms with Gasteiger partial charge in [-0.3, -0.25) is 10.3 Å². The number of ether oxygens (including phenoxy) is 2. The topological polar surface area (TPSA) is 83.6 Å². The van der Waals surface area contributed by atoms with E-state index in [1.54, 1.807) is 18.5 Å². The number of nitrogens with zero attached hydrogens (tertiary/aromatic N) is 3. The summed E-state index contributed by atoms with van der Waals surface area (Å²) < 4.78 is 13.4. The van der Waals surface area contributed by atoms with E-state index < -0.39 is 0 Å². The first kappa shape index (κ1) is 20.7. The van der Waals surface area contributed by atoms with E-state index in [9.17, 15) is 5.11 Å². The lowest BCUT2D eigenvalue weighted by Gasteiger charge is -2.29. The Morgan fingerprint density at radius 3 is 2.66 bits per heavy atom. The highest BCUT2D eigenvalue weighted by Gasteiger charge is 2.32. The number of phenolic OH excluding ortho intramolecular Hbond substituents is 1. The SMILES string of the molecule is Cc1ccc([C@H]2c3ccc(O)cc3Oc3ncn(CCCN4CCOCC4)c(=N)c32)cc1. The van der Waals surface area contributed by atoms with Gasteiger partial charge in [-0.05, 0) is 25.0 Å². The normalized spacial score (nSPS) is 18.0. The molecule has 0 unspecified atom stereocenters. The van der Waals surface area contributed by atoms with Crippen molar-refractivity contribution in [3.05, 3.63) is 76.5 Å². The molecular formula is C25H28N4O3. The molecule has 2 aromatic carbocycles. The van der Waals surface area contributed by atoms with Gasteiger partial charge >= 0.3 is 0 Å². The predicted octanol–water partition coefficient (Wildman–Crippen LogP) is 3.38. The Bertz CT molecular complexity index is 1170. The number of nitrogens with one attached hydrogen (secondary N) is 1. The van der Waals surface area contributed by atoms with Crippen molar-refractivity contribution in [3.8, 4) is 17.4 Å². The molecule has 0 amide bonds. The Morgan fingerprint density at radius 2 is 1.88 bits per heavy atom. The highest BCUT2D eigenvalue weighted by atomic mass is 16.5. The van der Waals surface area contributed by atoms with Crippen LogP contribution in [0.4, 0.5) is 0 Å². The molecule has 1 atom stereocenters. The third kappa shape index (κ3) is 4.01. The zero-order valence-electron chi connectivity index (χ0n) is 18.3. The van der Waals surface area contributed by atoms with E-state index in [1.807, 2.05) is 10.6 Å². The van der Waals surface area contributed by atoms with Crippen molar-refractivity contribution in [2.45, 2.75) is 25.8 Å². The largest absolute Gasteiger partial charge is 0.508 e. The van der Waals surface area contributed by atoms with Crippen molar-refractivity contribution < 1.29 is 14.6 Å². The Morgan fingerprint density at radius 1 is 1.09 bits per heavy atom. The van der Waals surface area contributed by atoms with Gasteiger partial charge in [0.15, 0.2) is 0 Å². The molecule has 2 aliphatic rings. The summed E-state index contributed by atoms with van der Waals surface area (Å²) in [7, 11) is 0. The minimum Gasteiger partial charge on any atom is -0.508 e. The molecule has 1 fully saturated rings. The summed E-state index contributed by atoms with van der Waals surface area (Å²) in [5, 5.41) is 19.0. The van der Waals surface area contributed by atoms with E-state index in [-0.39, 0.29) is 11.7 Å². The van der Waals surface area contributed by atoms with Crippen molar-refractivity contribution >= 4 is 0 Å². The lowest BCUT2D eigenvalue weighted by atomic mass is 9.83. The van der Waals surface area contributed by atoms with Crippen LogP contribution in [0.1, 0.15) is 34.6 Å². The first-order chi connectivity index (χ1) is 15.6. The number of aromatic nitrogens is 2. The molecule has 32 heavy (non-hydrogen) atoms. The third-order valence-electron chi connectivity index (χ3n) is 6.28. The number of aromatic hydroxyl groups is 1. The molecule has 7 nitrogen and oxygen atoms in total. The Balaban J connectivity index is 1.49. The minimum atomic E-state index is -0.179. The monoisotopic (exact) mass is 432 g/mol. The molecule has 3 aromatic rings. The van der Waals surface area contributed by atoms with Gasteiger partial charge in [0.25, 0.3) is 0 Å². The van der Waals surface area contributed by atoms with Gasteiger partial charge in [0.2, 0.25) is 5.88 Å². The van der Waals surface area contributed by atoms with Crippen molar-refractivity contribution in [2.75, 3.05) is 32.8 Å². The third-order valence-corrected chi connectivity index (χ3v) is 6.28. The van der Waals surface area contributed by atoms with Crippen LogP contribution in [0, 0.1) is 12.3 Å². The molecular weight excluding hydrogens is 404 g/mol. The van der Waals surface area contributed by atoms with E-state index in [0.717, 1.165) is 62.5 Å². The second-order valence-electron chi connectivity index (χ2n) is 8.48. The molecule has 2 aliphatic heterocycles. The van der Waals surface area contributed by atoms with Gasteiger partial charge in [0, 0.05) is 43.7 Å². The Labute approximate surface area is 187 Å². The second-order valence-corrected chi connectivity index (χ2v) is 8.48. The summed E-state index contributed by atoms with van der Waals surface area (Å²) in [6, 6.07) is 13.5. The molecule has 0 spiro atoms. The maximum atomic E-state index is 9.98. The summed E-state index contributed by atoms with van der Waals surface area (Å²) in [6.07, 6.45) is 2.64. The van der Waals surface area contributed by atoms with Gasteiger partial charge in [-0.2, -0.15) is 0 Å². The van der Waals surface area contributed by atoms with Crippen LogP contribution in [0.25, 0.3) is 0 Å². The fourth-order valence-corrected chi connectivity index (χ4v) is 4.52. The fourth-order valence-electron chi connectivity index (χ4n) is 4.52. The van der Waals surface area contributed by atoms with E-state index in [1.165, 1.54) is 5.56 Å². The average molecular weight is 433 g/mol. The summed E-state index contributed by atoms with van der Waals surface area (Å²) in [5.74, 6) is 0.986. The summed E-state index contributed by atoms with van der Waals surface area (Å²) in [5.41, 5.74) is 4.37. The molecule has 166 valence electrons. The molecule has 0 aliphatic carbocycles. The predicted molar refractivity (Wildman–Crippen MR) is 120 cm³/mol. The van der Waals surface area contributed by atoms with Crippen LogP contribution in [-0.4, -0.2) is 52.4 Å². The fraction of sp³-hybridized carbons (Fsp3) is 0.360. The van der Waals surface area contributed by atoms with Crippen LogP contribution in [0.3, 0.4) is 0 Å². The van der Waals surface area contributed by atoms with E-state index in [2.05, 4.69) is 41.1 Å². The molecule has 7 heteroatoms. The molecule has 0 saturated carbocycles. The zero-order chi connectivity index (χ0) is 22.1. The van der Waals surface area contributed by atoms with Crippen molar-refractivity contribution in [1.82, 2.24) is 14.5 Å². The van der Waals surface area contributed by atoms with Crippen LogP contribution >= 0.6 is 0 Å². The lowest BCUT2D eigenvalue weighted by Crippen LogP contribution is -2.37. The quantitative estimate of drug-likeness (QED) is 0.505. The van der Waals surface area contributed by atoms with Crippen LogP contribution < -0.4 is 10.2 Å². The van der Waals surface area contributed by atoms with Gasteiger partial charge in [-0.1, -0.05) is 35.9 Å². The molecule has 1 aromatic heterocycles. The van der Waals surface area contributed by atoms with Crippen LogP contribution in [-0.2, 0) is 11.3 Å². The van der Waals surface area contributed by atoms with E-state index >= 15 is 0 Å². The number of fused-ring (bicyclic) bond motifs is 2. The second kappa shape index (κ2) is 8.76. The highest BCUT2D eigenvalue weighted by molar-refractivity contribution is 5.57. The molecule has 3 heterocycles. The smallest absolute Gasteiger partial charge is 0.228 e. The van der Waals surface area contributed by atoms with Crippen molar-refractivity contribution in [1.29, 1.82) is 5.41 Å². The average Bonchev–Trinajstić information content (AvgIpc) is 2.80. The molecule has 0 radical (unpaired) electrons. The minimum absolute atomic E-state index is 0.148. The summed E-state index contributed by atoms with van der Waals surface area (Å²) in [6.45, 7) is 7.28. The number of aryl methyl sites for hydroxylation is 2. The zero-order valence-corrected chi connectivity index (χ0v) is 18.3. The van der Waals surface area contributed by atoms with Crippen molar-refractivity contribution in [3.63, 3.8) is 0 Å². The molecule has 1 saturated heterocycles. The number of benzene rings is 2. The van der Waals surface area contributed by atoms with Gasteiger partial charge < -0.3 is 19.1 Å². The van der Waals surface area contributed by atoms with Gasteiger partial charge in [0.05, 0.1) is 18.8 Å². The highest BCUT2D eigenvalue weighted by Crippen LogP contribution is 2.45. The maximum Gasteiger partial charge on any atom is 0.228 e. The molecule has 0 bridgehead atoms. The number of hydrogen-bond donors (Lipinski definition) is 2. The Kier molecular flexibility index (Phi) is 5.68.